The van der Waals surface area contributed by atoms with Gasteiger partial charge >= 0.3 is 0 Å². The molecule has 0 aromatic carbocycles. The average Bonchev–Trinajstić information content (AvgIpc) is 2.69. The van der Waals surface area contributed by atoms with Crippen molar-refractivity contribution < 1.29 is 4.74 Å². The number of H-pyrrole nitrogens is 1. The quantitative estimate of drug-likeness (QED) is 0.739. The number of aromatic amines is 1. The van der Waals surface area contributed by atoms with Crippen molar-refractivity contribution in [2.45, 2.75) is 25.9 Å². The molecular weight excluding hydrogens is 194 g/mol. The summed E-state index contributed by atoms with van der Waals surface area (Å²) in [7, 11) is 0. The van der Waals surface area contributed by atoms with Crippen molar-refractivity contribution in [2.75, 3.05) is 13.1 Å². The van der Waals surface area contributed by atoms with Gasteiger partial charge in [0.1, 0.15) is 11.9 Å². The van der Waals surface area contributed by atoms with Crippen molar-refractivity contribution in [2.24, 2.45) is 0 Å². The molecule has 1 aromatic rings. The van der Waals surface area contributed by atoms with E-state index in [1.54, 1.807) is 0 Å². The SMILES string of the molecule is CCc1nc(OC2CCNC2)cc(=O)[nH]1. The molecule has 2 N–H and O–H groups in total. The van der Waals surface area contributed by atoms with Crippen LogP contribution in [-0.2, 0) is 6.42 Å². The Balaban J connectivity index is 2.12. The minimum Gasteiger partial charge on any atom is -0.473 e. The van der Waals surface area contributed by atoms with Gasteiger partial charge in [0.15, 0.2) is 0 Å². The number of aromatic nitrogens is 2. The molecule has 1 atom stereocenters. The molecule has 1 unspecified atom stereocenters. The van der Waals surface area contributed by atoms with Gasteiger partial charge in [-0.3, -0.25) is 4.79 Å². The van der Waals surface area contributed by atoms with Crippen LogP contribution < -0.4 is 15.6 Å². The minimum atomic E-state index is -0.150. The van der Waals surface area contributed by atoms with Gasteiger partial charge in [-0.2, -0.15) is 0 Å². The van der Waals surface area contributed by atoms with Crippen LogP contribution in [0.2, 0.25) is 0 Å². The molecule has 0 aliphatic carbocycles. The zero-order valence-electron chi connectivity index (χ0n) is 8.75. The van der Waals surface area contributed by atoms with Crippen LogP contribution in [-0.4, -0.2) is 29.2 Å². The summed E-state index contributed by atoms with van der Waals surface area (Å²) < 4.78 is 5.60. The van der Waals surface area contributed by atoms with Gasteiger partial charge in [-0.05, 0) is 13.0 Å². The molecule has 0 saturated carbocycles. The molecule has 1 fully saturated rings. The first-order chi connectivity index (χ1) is 7.28. The first kappa shape index (κ1) is 10.2. The number of rotatable bonds is 3. The van der Waals surface area contributed by atoms with E-state index >= 15 is 0 Å². The van der Waals surface area contributed by atoms with E-state index in [1.165, 1.54) is 6.07 Å². The monoisotopic (exact) mass is 209 g/mol. The number of hydrogen-bond donors (Lipinski definition) is 2. The molecule has 0 amide bonds. The maximum absolute atomic E-state index is 11.3. The Kier molecular flexibility index (Phi) is 3.01. The van der Waals surface area contributed by atoms with Crippen molar-refractivity contribution in [3.05, 3.63) is 22.2 Å². The van der Waals surface area contributed by atoms with E-state index in [-0.39, 0.29) is 11.7 Å². The van der Waals surface area contributed by atoms with Crippen molar-refractivity contribution in [1.29, 1.82) is 0 Å². The summed E-state index contributed by atoms with van der Waals surface area (Å²) in [5.41, 5.74) is -0.150. The highest BCUT2D eigenvalue weighted by molar-refractivity contribution is 5.09. The molecular formula is C10H15N3O2. The largest absolute Gasteiger partial charge is 0.473 e. The molecule has 2 heterocycles. The first-order valence-corrected chi connectivity index (χ1v) is 5.25. The summed E-state index contributed by atoms with van der Waals surface area (Å²) in [5, 5.41) is 3.20. The van der Waals surface area contributed by atoms with Crippen LogP contribution in [0.4, 0.5) is 0 Å². The van der Waals surface area contributed by atoms with Crippen LogP contribution in [0.25, 0.3) is 0 Å². The van der Waals surface area contributed by atoms with Gasteiger partial charge in [0.2, 0.25) is 5.88 Å². The highest BCUT2D eigenvalue weighted by atomic mass is 16.5. The smallest absolute Gasteiger partial charge is 0.254 e. The Hall–Kier alpha value is -1.36. The zero-order chi connectivity index (χ0) is 10.7. The maximum Gasteiger partial charge on any atom is 0.254 e. The van der Waals surface area contributed by atoms with Gasteiger partial charge in [0.05, 0.1) is 6.07 Å². The number of ether oxygens (including phenoxy) is 1. The van der Waals surface area contributed by atoms with E-state index < -0.39 is 0 Å². The third kappa shape index (κ3) is 2.56. The highest BCUT2D eigenvalue weighted by Crippen LogP contribution is 2.09. The van der Waals surface area contributed by atoms with Crippen LogP contribution in [0, 0.1) is 0 Å². The van der Waals surface area contributed by atoms with Gasteiger partial charge in [0, 0.05) is 13.0 Å². The fourth-order valence-electron chi connectivity index (χ4n) is 1.61. The average molecular weight is 209 g/mol. The van der Waals surface area contributed by atoms with Gasteiger partial charge < -0.3 is 15.0 Å². The van der Waals surface area contributed by atoms with Crippen LogP contribution in [0.3, 0.4) is 0 Å². The Morgan fingerprint density at radius 1 is 1.67 bits per heavy atom. The van der Waals surface area contributed by atoms with E-state index in [0.29, 0.717) is 18.1 Å². The third-order valence-electron chi connectivity index (χ3n) is 2.40. The molecule has 1 aromatic heterocycles. The summed E-state index contributed by atoms with van der Waals surface area (Å²) >= 11 is 0. The first-order valence-electron chi connectivity index (χ1n) is 5.25. The second-order valence-corrected chi connectivity index (χ2v) is 3.62. The molecule has 5 nitrogen and oxygen atoms in total. The molecule has 15 heavy (non-hydrogen) atoms. The predicted molar refractivity (Wildman–Crippen MR) is 56.1 cm³/mol. The molecule has 2 rings (SSSR count). The van der Waals surface area contributed by atoms with Gasteiger partial charge in [-0.25, -0.2) is 4.98 Å². The van der Waals surface area contributed by atoms with Crippen LogP contribution in [0.1, 0.15) is 19.2 Å². The van der Waals surface area contributed by atoms with Crippen molar-refractivity contribution in [1.82, 2.24) is 15.3 Å². The van der Waals surface area contributed by atoms with E-state index in [1.807, 2.05) is 6.92 Å². The molecule has 0 radical (unpaired) electrons. The molecule has 5 heteroatoms. The highest BCUT2D eigenvalue weighted by Gasteiger charge is 2.16. The molecule has 0 bridgehead atoms. The Labute approximate surface area is 87.9 Å². The lowest BCUT2D eigenvalue weighted by atomic mass is 10.3. The van der Waals surface area contributed by atoms with Gasteiger partial charge in [0.25, 0.3) is 5.56 Å². The van der Waals surface area contributed by atoms with Crippen LogP contribution >= 0.6 is 0 Å². The number of aryl methyl sites for hydroxylation is 1. The number of hydrogen-bond acceptors (Lipinski definition) is 4. The topological polar surface area (TPSA) is 67.0 Å². The lowest BCUT2D eigenvalue weighted by Gasteiger charge is -2.11. The van der Waals surface area contributed by atoms with E-state index in [9.17, 15) is 4.79 Å². The standard InChI is InChI=1S/C10H15N3O2/c1-2-8-12-9(14)5-10(13-8)15-7-3-4-11-6-7/h5,7,11H,2-4,6H2,1H3,(H,12,13,14). The second kappa shape index (κ2) is 4.44. The lowest BCUT2D eigenvalue weighted by molar-refractivity contribution is 0.212. The van der Waals surface area contributed by atoms with Crippen molar-refractivity contribution in [3.8, 4) is 5.88 Å². The van der Waals surface area contributed by atoms with E-state index in [4.69, 9.17) is 4.74 Å². The van der Waals surface area contributed by atoms with E-state index in [0.717, 1.165) is 19.5 Å². The van der Waals surface area contributed by atoms with Crippen molar-refractivity contribution in [3.63, 3.8) is 0 Å². The van der Waals surface area contributed by atoms with E-state index in [2.05, 4.69) is 15.3 Å². The molecule has 1 aliphatic rings. The predicted octanol–water partition coefficient (Wildman–Crippen LogP) is 0.0730. The Morgan fingerprint density at radius 2 is 2.53 bits per heavy atom. The minimum absolute atomic E-state index is 0.143. The third-order valence-corrected chi connectivity index (χ3v) is 2.40. The maximum atomic E-state index is 11.3. The van der Waals surface area contributed by atoms with Gasteiger partial charge in [-0.1, -0.05) is 6.92 Å². The van der Waals surface area contributed by atoms with Gasteiger partial charge in [-0.15, -0.1) is 0 Å². The summed E-state index contributed by atoms with van der Waals surface area (Å²) in [6.45, 7) is 3.74. The number of nitrogens with zero attached hydrogens (tertiary/aromatic N) is 1. The fraction of sp³-hybridized carbons (Fsp3) is 0.600. The molecule has 1 aliphatic heterocycles. The Bertz CT molecular complexity index is 382. The van der Waals surface area contributed by atoms with Crippen LogP contribution in [0.15, 0.2) is 10.9 Å². The molecule has 0 spiro atoms. The Morgan fingerprint density at radius 3 is 3.20 bits per heavy atom. The van der Waals surface area contributed by atoms with Crippen molar-refractivity contribution >= 4 is 0 Å². The molecule has 1 saturated heterocycles. The second-order valence-electron chi connectivity index (χ2n) is 3.62. The lowest BCUT2D eigenvalue weighted by Crippen LogP contribution is -2.22. The molecule has 82 valence electrons. The zero-order valence-corrected chi connectivity index (χ0v) is 8.75. The summed E-state index contributed by atoms with van der Waals surface area (Å²) in [5.74, 6) is 1.10. The normalized spacial score (nSPS) is 20.5. The summed E-state index contributed by atoms with van der Waals surface area (Å²) in [4.78, 5) is 18.1. The van der Waals surface area contributed by atoms with Crippen LogP contribution in [0.5, 0.6) is 5.88 Å². The number of nitrogens with one attached hydrogen (secondary N) is 2. The summed E-state index contributed by atoms with van der Waals surface area (Å²) in [6.07, 6.45) is 1.81. The fourth-order valence-corrected chi connectivity index (χ4v) is 1.61. The summed E-state index contributed by atoms with van der Waals surface area (Å²) in [6, 6.07) is 1.40.